The van der Waals surface area contributed by atoms with Gasteiger partial charge in [-0.1, -0.05) is 30.3 Å². The molecule has 0 N–H and O–H groups in total. The van der Waals surface area contributed by atoms with Gasteiger partial charge in [-0.3, -0.25) is 0 Å². The normalized spacial score (nSPS) is 17.9. The van der Waals surface area contributed by atoms with E-state index >= 15 is 0 Å². The molecule has 0 atom stereocenters. The number of para-hydroxylation sites is 1. The van der Waals surface area contributed by atoms with Crippen LogP contribution >= 0.6 is 0 Å². The van der Waals surface area contributed by atoms with Crippen LogP contribution in [0.3, 0.4) is 0 Å². The van der Waals surface area contributed by atoms with Crippen LogP contribution in [0.4, 0.5) is 4.79 Å². The Kier molecular flexibility index (Phi) is 5.57. The molecule has 2 aromatic carbocycles. The van der Waals surface area contributed by atoms with E-state index < -0.39 is 21.0 Å². The summed E-state index contributed by atoms with van der Waals surface area (Å²) < 4.78 is 35.7. The van der Waals surface area contributed by atoms with Crippen LogP contribution in [-0.4, -0.2) is 50.0 Å². The van der Waals surface area contributed by atoms with Gasteiger partial charge in [-0.2, -0.15) is 0 Å². The summed E-state index contributed by atoms with van der Waals surface area (Å²) in [4.78, 5) is 14.5. The lowest BCUT2D eigenvalue weighted by Gasteiger charge is -2.43. The van der Waals surface area contributed by atoms with Crippen LogP contribution in [0.25, 0.3) is 5.57 Å². The minimum atomic E-state index is -3.26. The maximum Gasteiger partial charge on any atom is 0.410 e. The Bertz CT molecular complexity index is 1150. The summed E-state index contributed by atoms with van der Waals surface area (Å²) in [7, 11) is -3.26. The van der Waals surface area contributed by atoms with Gasteiger partial charge in [0.15, 0.2) is 9.84 Å². The van der Waals surface area contributed by atoms with Crippen molar-refractivity contribution in [3.8, 4) is 5.75 Å². The first-order chi connectivity index (χ1) is 15.0. The SMILES string of the molecule is CC(C)(C)OC(=O)N1CCC2(C=C(c3ccc(S(C)(=O)=O)cc3)c3ccccc3O2)CC1. The first-order valence-electron chi connectivity index (χ1n) is 10.8. The van der Waals surface area contributed by atoms with E-state index in [9.17, 15) is 13.2 Å². The molecule has 1 amide bonds. The van der Waals surface area contributed by atoms with Gasteiger partial charge >= 0.3 is 6.09 Å². The number of hydrogen-bond donors (Lipinski definition) is 0. The van der Waals surface area contributed by atoms with Gasteiger partial charge in [-0.25, -0.2) is 13.2 Å². The van der Waals surface area contributed by atoms with Gasteiger partial charge in [-0.15, -0.1) is 0 Å². The number of rotatable bonds is 2. The molecule has 2 aliphatic heterocycles. The molecule has 0 unspecified atom stereocenters. The second-order valence-electron chi connectivity index (χ2n) is 9.48. The Morgan fingerprint density at radius 1 is 1.03 bits per heavy atom. The van der Waals surface area contributed by atoms with Crippen LogP contribution < -0.4 is 4.74 Å². The van der Waals surface area contributed by atoms with Gasteiger partial charge in [-0.05, 0) is 56.2 Å². The van der Waals surface area contributed by atoms with E-state index in [4.69, 9.17) is 9.47 Å². The van der Waals surface area contributed by atoms with E-state index in [1.165, 1.54) is 6.26 Å². The number of piperidine rings is 1. The van der Waals surface area contributed by atoms with Crippen molar-refractivity contribution in [1.29, 1.82) is 0 Å². The monoisotopic (exact) mass is 455 g/mol. The topological polar surface area (TPSA) is 72.9 Å². The summed E-state index contributed by atoms with van der Waals surface area (Å²) in [5.74, 6) is 0.794. The molecule has 0 saturated carbocycles. The predicted molar refractivity (Wildman–Crippen MR) is 123 cm³/mol. The summed E-state index contributed by atoms with van der Waals surface area (Å²) >= 11 is 0. The molecule has 4 rings (SSSR count). The number of sulfone groups is 1. The Morgan fingerprint density at radius 2 is 1.66 bits per heavy atom. The molecule has 7 heteroatoms. The van der Waals surface area contributed by atoms with Crippen molar-refractivity contribution in [2.75, 3.05) is 19.3 Å². The zero-order valence-corrected chi connectivity index (χ0v) is 19.7. The largest absolute Gasteiger partial charge is 0.482 e. The molecular formula is C25H29NO5S. The molecule has 0 radical (unpaired) electrons. The average Bonchev–Trinajstić information content (AvgIpc) is 2.72. The van der Waals surface area contributed by atoms with E-state index in [1.54, 1.807) is 17.0 Å². The van der Waals surface area contributed by atoms with Gasteiger partial charge in [0.05, 0.1) is 4.90 Å². The van der Waals surface area contributed by atoms with Crippen molar-refractivity contribution < 1.29 is 22.7 Å². The number of ether oxygens (including phenoxy) is 2. The smallest absolute Gasteiger partial charge is 0.410 e. The lowest BCUT2D eigenvalue weighted by atomic mass is 9.83. The second kappa shape index (κ2) is 7.96. The zero-order valence-electron chi connectivity index (χ0n) is 18.9. The van der Waals surface area contributed by atoms with E-state index in [0.717, 1.165) is 22.4 Å². The molecule has 1 fully saturated rings. The Labute approximate surface area is 189 Å². The highest BCUT2D eigenvalue weighted by molar-refractivity contribution is 7.90. The van der Waals surface area contributed by atoms with Crippen molar-refractivity contribution in [3.05, 3.63) is 65.7 Å². The van der Waals surface area contributed by atoms with Crippen LogP contribution in [0.2, 0.25) is 0 Å². The number of carbonyl (C=O) groups is 1. The summed E-state index contributed by atoms with van der Waals surface area (Å²) in [6.45, 7) is 6.66. The van der Waals surface area contributed by atoms with Crippen molar-refractivity contribution in [3.63, 3.8) is 0 Å². The summed E-state index contributed by atoms with van der Waals surface area (Å²) in [6.07, 6.45) is 4.33. The number of nitrogens with zero attached hydrogens (tertiary/aromatic N) is 1. The molecule has 0 aliphatic carbocycles. The maximum atomic E-state index is 12.5. The van der Waals surface area contributed by atoms with E-state index in [2.05, 4.69) is 6.08 Å². The Morgan fingerprint density at radius 3 is 2.25 bits per heavy atom. The van der Waals surface area contributed by atoms with Crippen molar-refractivity contribution in [2.24, 2.45) is 0 Å². The number of fused-ring (bicyclic) bond motifs is 1. The molecule has 2 aliphatic rings. The van der Waals surface area contributed by atoms with Gasteiger partial charge in [0.1, 0.15) is 17.0 Å². The summed E-state index contributed by atoms with van der Waals surface area (Å²) in [5.41, 5.74) is 1.86. The fourth-order valence-electron chi connectivity index (χ4n) is 4.13. The Hall–Kier alpha value is -2.80. The molecule has 2 aromatic rings. The zero-order chi connectivity index (χ0) is 23.1. The van der Waals surface area contributed by atoms with Gasteiger partial charge in [0.25, 0.3) is 0 Å². The highest BCUT2D eigenvalue weighted by atomic mass is 32.2. The molecule has 0 bridgehead atoms. The number of carbonyl (C=O) groups excluding carboxylic acids is 1. The van der Waals surface area contributed by atoms with E-state index in [0.29, 0.717) is 30.8 Å². The lowest BCUT2D eigenvalue weighted by molar-refractivity contribution is -0.00116. The number of benzene rings is 2. The van der Waals surface area contributed by atoms with Crippen LogP contribution in [0.15, 0.2) is 59.5 Å². The van der Waals surface area contributed by atoms with Crippen molar-refractivity contribution in [1.82, 2.24) is 4.90 Å². The van der Waals surface area contributed by atoms with E-state index in [1.807, 2.05) is 57.2 Å². The number of likely N-dealkylation sites (tertiary alicyclic amines) is 1. The van der Waals surface area contributed by atoms with Crippen LogP contribution in [0.5, 0.6) is 5.75 Å². The molecule has 32 heavy (non-hydrogen) atoms. The first kappa shape index (κ1) is 22.4. The van der Waals surface area contributed by atoms with Crippen LogP contribution in [-0.2, 0) is 14.6 Å². The average molecular weight is 456 g/mol. The van der Waals surface area contributed by atoms with Crippen molar-refractivity contribution in [2.45, 2.75) is 49.7 Å². The van der Waals surface area contributed by atoms with E-state index in [-0.39, 0.29) is 6.09 Å². The highest BCUT2D eigenvalue weighted by Gasteiger charge is 2.40. The molecule has 1 saturated heterocycles. The standard InChI is InChI=1S/C25H29NO5S/c1-24(2,3)31-23(27)26-15-13-25(14-16-26)17-21(20-7-5-6-8-22(20)30-25)18-9-11-19(12-10-18)32(4,28)29/h5-12,17H,13-16H2,1-4H3. The third kappa shape index (κ3) is 4.67. The number of amides is 1. The van der Waals surface area contributed by atoms with Crippen LogP contribution in [0, 0.1) is 0 Å². The fraction of sp³-hybridized carbons (Fsp3) is 0.400. The minimum Gasteiger partial charge on any atom is -0.482 e. The molecule has 6 nitrogen and oxygen atoms in total. The molecule has 2 heterocycles. The van der Waals surface area contributed by atoms with Crippen molar-refractivity contribution >= 4 is 21.5 Å². The summed E-state index contributed by atoms with van der Waals surface area (Å²) in [5, 5.41) is 0. The molecule has 1 spiro atoms. The molecular weight excluding hydrogens is 426 g/mol. The Balaban J connectivity index is 1.63. The van der Waals surface area contributed by atoms with Gasteiger partial charge in [0, 0.05) is 37.8 Å². The number of hydrogen-bond acceptors (Lipinski definition) is 5. The lowest BCUT2D eigenvalue weighted by Crippen LogP contribution is -2.50. The minimum absolute atomic E-state index is 0.294. The maximum absolute atomic E-state index is 12.5. The van der Waals surface area contributed by atoms with Gasteiger partial charge < -0.3 is 14.4 Å². The molecule has 0 aromatic heterocycles. The second-order valence-corrected chi connectivity index (χ2v) is 11.5. The molecule has 170 valence electrons. The predicted octanol–water partition coefficient (Wildman–Crippen LogP) is 4.68. The van der Waals surface area contributed by atoms with Crippen LogP contribution in [0.1, 0.15) is 44.7 Å². The third-order valence-corrected chi connectivity index (χ3v) is 6.88. The first-order valence-corrected chi connectivity index (χ1v) is 12.6. The van der Waals surface area contributed by atoms with Gasteiger partial charge in [0.2, 0.25) is 0 Å². The quantitative estimate of drug-likeness (QED) is 0.657. The summed E-state index contributed by atoms with van der Waals surface area (Å²) in [6, 6.07) is 14.8. The third-order valence-electron chi connectivity index (χ3n) is 5.75. The fourth-order valence-corrected chi connectivity index (χ4v) is 4.76. The highest BCUT2D eigenvalue weighted by Crippen LogP contribution is 2.43.